The van der Waals surface area contributed by atoms with Gasteiger partial charge in [0.25, 0.3) is 0 Å². The number of hydrogen-bond donors (Lipinski definition) is 1. The van der Waals surface area contributed by atoms with Crippen molar-refractivity contribution in [3.63, 3.8) is 0 Å². The summed E-state index contributed by atoms with van der Waals surface area (Å²) in [5, 5.41) is 9.03. The Hall–Kier alpha value is -1.64. The molecule has 0 bridgehead atoms. The molecule has 1 aromatic rings. The first-order valence-corrected chi connectivity index (χ1v) is 5.66. The van der Waals surface area contributed by atoms with Crippen LogP contribution in [0.2, 0.25) is 0 Å². The predicted molar refractivity (Wildman–Crippen MR) is 68.7 cm³/mol. The second-order valence-corrected chi connectivity index (χ2v) is 4.97. The third kappa shape index (κ3) is 3.70. The number of carboxylic acids is 1. The van der Waals surface area contributed by atoms with Crippen molar-refractivity contribution >= 4 is 11.5 Å². The van der Waals surface area contributed by atoms with Gasteiger partial charge in [-0.1, -0.05) is 6.08 Å². The number of carboxylic acid groups (broad SMARTS) is 1. The first-order valence-electron chi connectivity index (χ1n) is 5.66. The third-order valence-corrected chi connectivity index (χ3v) is 2.85. The van der Waals surface area contributed by atoms with E-state index in [2.05, 4.69) is 4.98 Å². The summed E-state index contributed by atoms with van der Waals surface area (Å²) in [5.74, 6) is -0.771. The molecule has 0 fully saturated rings. The zero-order chi connectivity index (χ0) is 13.1. The van der Waals surface area contributed by atoms with Crippen LogP contribution >= 0.6 is 0 Å². The van der Waals surface area contributed by atoms with Crippen molar-refractivity contribution in [2.45, 2.75) is 34.1 Å². The average Bonchev–Trinajstić information content (AvgIpc) is 2.25. The van der Waals surface area contributed by atoms with Gasteiger partial charge in [-0.25, -0.2) is 0 Å². The van der Waals surface area contributed by atoms with Gasteiger partial charge in [0, 0.05) is 11.9 Å². The molecule has 0 aromatic carbocycles. The Bertz CT molecular complexity index is 447. The van der Waals surface area contributed by atoms with E-state index in [0.717, 1.165) is 16.8 Å². The highest BCUT2D eigenvalue weighted by molar-refractivity contribution is 5.74. The van der Waals surface area contributed by atoms with E-state index in [9.17, 15) is 4.79 Å². The van der Waals surface area contributed by atoms with Crippen LogP contribution in [0.25, 0.3) is 5.57 Å². The van der Waals surface area contributed by atoms with E-state index in [1.165, 1.54) is 0 Å². The fourth-order valence-corrected chi connectivity index (χ4v) is 1.40. The minimum atomic E-state index is -0.771. The number of hydrogen-bond acceptors (Lipinski definition) is 2. The molecule has 0 amide bonds. The molecule has 0 aliphatic rings. The molecule has 17 heavy (non-hydrogen) atoms. The van der Waals surface area contributed by atoms with Crippen molar-refractivity contribution in [1.82, 2.24) is 4.98 Å². The standard InChI is InChI=1S/C14H19NO2/c1-10(5-7-14(3,4)13(16)17)12-6-8-15-11(2)9-12/h5-6,8-9H,7H2,1-4H3,(H,16,17)/b10-5+. The molecule has 0 radical (unpaired) electrons. The third-order valence-electron chi connectivity index (χ3n) is 2.85. The van der Waals surface area contributed by atoms with Gasteiger partial charge in [-0.05, 0) is 57.4 Å². The average molecular weight is 233 g/mol. The minimum Gasteiger partial charge on any atom is -0.481 e. The van der Waals surface area contributed by atoms with Crippen molar-refractivity contribution < 1.29 is 9.90 Å². The van der Waals surface area contributed by atoms with Gasteiger partial charge in [0.05, 0.1) is 5.41 Å². The van der Waals surface area contributed by atoms with Gasteiger partial charge in [0.15, 0.2) is 0 Å². The van der Waals surface area contributed by atoms with Crippen LogP contribution in [-0.2, 0) is 4.79 Å². The molecular formula is C14H19NO2. The number of aliphatic carboxylic acids is 1. The van der Waals surface area contributed by atoms with Gasteiger partial charge in [0.1, 0.15) is 0 Å². The van der Waals surface area contributed by atoms with Crippen LogP contribution in [0, 0.1) is 12.3 Å². The monoisotopic (exact) mass is 233 g/mol. The fraction of sp³-hybridized carbons (Fsp3) is 0.429. The Morgan fingerprint density at radius 1 is 1.53 bits per heavy atom. The summed E-state index contributed by atoms with van der Waals surface area (Å²) in [7, 11) is 0. The second-order valence-electron chi connectivity index (χ2n) is 4.97. The van der Waals surface area contributed by atoms with Gasteiger partial charge in [-0.3, -0.25) is 9.78 Å². The molecule has 3 heteroatoms. The number of carbonyl (C=O) groups is 1. The fourth-order valence-electron chi connectivity index (χ4n) is 1.40. The number of allylic oxidation sites excluding steroid dienone is 2. The Morgan fingerprint density at radius 2 is 2.18 bits per heavy atom. The molecular weight excluding hydrogens is 214 g/mol. The van der Waals surface area contributed by atoms with Crippen LogP contribution in [0.15, 0.2) is 24.4 Å². The molecule has 1 rings (SSSR count). The first-order chi connectivity index (χ1) is 7.83. The molecule has 0 unspecified atom stereocenters. The summed E-state index contributed by atoms with van der Waals surface area (Å²) < 4.78 is 0. The smallest absolute Gasteiger partial charge is 0.309 e. The number of aromatic nitrogens is 1. The number of aryl methyl sites for hydroxylation is 1. The lowest BCUT2D eigenvalue weighted by Gasteiger charge is -2.17. The van der Waals surface area contributed by atoms with E-state index in [-0.39, 0.29) is 0 Å². The normalized spacial score (nSPS) is 12.6. The number of rotatable bonds is 4. The van der Waals surface area contributed by atoms with Crippen LogP contribution in [0.5, 0.6) is 0 Å². The van der Waals surface area contributed by atoms with E-state index in [1.807, 2.05) is 32.1 Å². The second kappa shape index (κ2) is 5.13. The molecule has 1 heterocycles. The molecule has 0 spiro atoms. The predicted octanol–water partition coefficient (Wildman–Crippen LogP) is 3.29. The lowest BCUT2D eigenvalue weighted by atomic mass is 9.88. The Labute approximate surface area is 102 Å². The highest BCUT2D eigenvalue weighted by Gasteiger charge is 2.25. The van der Waals surface area contributed by atoms with Gasteiger partial charge in [0.2, 0.25) is 0 Å². The van der Waals surface area contributed by atoms with Gasteiger partial charge < -0.3 is 5.11 Å². The first kappa shape index (κ1) is 13.4. The van der Waals surface area contributed by atoms with E-state index >= 15 is 0 Å². The molecule has 1 aromatic heterocycles. The quantitative estimate of drug-likeness (QED) is 0.868. The summed E-state index contributed by atoms with van der Waals surface area (Å²) in [4.78, 5) is 15.1. The highest BCUT2D eigenvalue weighted by Crippen LogP contribution is 2.24. The van der Waals surface area contributed by atoms with Crippen molar-refractivity contribution in [2.24, 2.45) is 5.41 Å². The topological polar surface area (TPSA) is 50.2 Å². The zero-order valence-corrected chi connectivity index (χ0v) is 10.8. The van der Waals surface area contributed by atoms with Crippen molar-refractivity contribution in [3.05, 3.63) is 35.7 Å². The molecule has 0 aliphatic carbocycles. The maximum absolute atomic E-state index is 11.0. The van der Waals surface area contributed by atoms with E-state index in [1.54, 1.807) is 20.0 Å². The minimum absolute atomic E-state index is 0.523. The Morgan fingerprint density at radius 3 is 2.71 bits per heavy atom. The lowest BCUT2D eigenvalue weighted by molar-refractivity contribution is -0.146. The zero-order valence-electron chi connectivity index (χ0n) is 10.8. The van der Waals surface area contributed by atoms with Gasteiger partial charge in [-0.2, -0.15) is 0 Å². The van der Waals surface area contributed by atoms with Crippen LogP contribution in [0.4, 0.5) is 0 Å². The number of pyridine rings is 1. The molecule has 92 valence electrons. The van der Waals surface area contributed by atoms with E-state index < -0.39 is 11.4 Å². The van der Waals surface area contributed by atoms with E-state index in [4.69, 9.17) is 5.11 Å². The summed E-state index contributed by atoms with van der Waals surface area (Å²) in [6.45, 7) is 7.40. The molecule has 0 saturated heterocycles. The maximum Gasteiger partial charge on any atom is 0.309 e. The van der Waals surface area contributed by atoms with Crippen LogP contribution in [-0.4, -0.2) is 16.1 Å². The largest absolute Gasteiger partial charge is 0.481 e. The molecule has 0 atom stereocenters. The van der Waals surface area contributed by atoms with Crippen LogP contribution < -0.4 is 0 Å². The van der Waals surface area contributed by atoms with Gasteiger partial charge >= 0.3 is 5.97 Å². The highest BCUT2D eigenvalue weighted by atomic mass is 16.4. The summed E-state index contributed by atoms with van der Waals surface area (Å²) >= 11 is 0. The van der Waals surface area contributed by atoms with Gasteiger partial charge in [-0.15, -0.1) is 0 Å². The summed E-state index contributed by atoms with van der Waals surface area (Å²) in [6.07, 6.45) is 4.27. The van der Waals surface area contributed by atoms with Crippen molar-refractivity contribution in [1.29, 1.82) is 0 Å². The molecule has 3 nitrogen and oxygen atoms in total. The summed E-state index contributed by atoms with van der Waals surface area (Å²) in [6, 6.07) is 3.94. The maximum atomic E-state index is 11.0. The lowest BCUT2D eigenvalue weighted by Crippen LogP contribution is -2.22. The summed E-state index contributed by atoms with van der Waals surface area (Å²) in [5.41, 5.74) is 2.43. The van der Waals surface area contributed by atoms with Crippen LogP contribution in [0.3, 0.4) is 0 Å². The number of nitrogens with zero attached hydrogens (tertiary/aromatic N) is 1. The van der Waals surface area contributed by atoms with E-state index in [0.29, 0.717) is 6.42 Å². The Kier molecular flexibility index (Phi) is 4.05. The van der Waals surface area contributed by atoms with Crippen LogP contribution in [0.1, 0.15) is 38.4 Å². The van der Waals surface area contributed by atoms with Crippen molar-refractivity contribution in [2.75, 3.05) is 0 Å². The molecule has 0 aliphatic heterocycles. The molecule has 0 saturated carbocycles. The molecule has 1 N–H and O–H groups in total. The van der Waals surface area contributed by atoms with Crippen molar-refractivity contribution in [3.8, 4) is 0 Å². The Balaban J connectivity index is 2.84. The SMILES string of the molecule is C/C(=C\CC(C)(C)C(=O)O)c1ccnc(C)c1.